The van der Waals surface area contributed by atoms with Gasteiger partial charge >= 0.3 is 0 Å². The first-order chi connectivity index (χ1) is 8.01. The number of nitrogens with zero attached hydrogens (tertiary/aromatic N) is 2. The standard InChI is InChI=1S/C10H11N3O4/c1-17-9-5-6(13(15)16)4-7(10(9)14)8(12)2-3-11/h4-5,8,14H,2,12H2,1H3/t8-/m0/s1. The van der Waals surface area contributed by atoms with Crippen LogP contribution in [0.4, 0.5) is 5.69 Å². The third-order valence-electron chi connectivity index (χ3n) is 2.23. The van der Waals surface area contributed by atoms with E-state index in [1.54, 1.807) is 0 Å². The molecule has 0 fully saturated rings. The zero-order valence-corrected chi connectivity index (χ0v) is 9.08. The van der Waals surface area contributed by atoms with Gasteiger partial charge in [0.25, 0.3) is 5.69 Å². The highest BCUT2D eigenvalue weighted by Gasteiger charge is 2.20. The second-order valence-electron chi connectivity index (χ2n) is 3.31. The first-order valence-corrected chi connectivity index (χ1v) is 4.69. The number of nitro benzene ring substituents is 1. The largest absolute Gasteiger partial charge is 0.504 e. The third-order valence-corrected chi connectivity index (χ3v) is 2.23. The van der Waals surface area contributed by atoms with Crippen molar-refractivity contribution in [2.75, 3.05) is 7.11 Å². The minimum Gasteiger partial charge on any atom is -0.504 e. The molecule has 0 aliphatic carbocycles. The Kier molecular flexibility index (Phi) is 3.85. The highest BCUT2D eigenvalue weighted by Crippen LogP contribution is 2.37. The number of benzene rings is 1. The smallest absolute Gasteiger partial charge is 0.273 e. The summed E-state index contributed by atoms with van der Waals surface area (Å²) in [6.07, 6.45) is -0.0577. The molecule has 0 saturated carbocycles. The van der Waals surface area contributed by atoms with Gasteiger partial charge in [-0.2, -0.15) is 5.26 Å². The quantitative estimate of drug-likeness (QED) is 0.599. The number of rotatable bonds is 4. The Hall–Kier alpha value is -2.33. The van der Waals surface area contributed by atoms with Crippen molar-refractivity contribution in [3.05, 3.63) is 27.8 Å². The fraction of sp³-hybridized carbons (Fsp3) is 0.300. The van der Waals surface area contributed by atoms with Crippen LogP contribution in [0, 0.1) is 21.4 Å². The summed E-state index contributed by atoms with van der Waals surface area (Å²) in [6.45, 7) is 0. The van der Waals surface area contributed by atoms with Crippen LogP contribution in [0.15, 0.2) is 12.1 Å². The molecule has 0 amide bonds. The van der Waals surface area contributed by atoms with Crippen molar-refractivity contribution >= 4 is 5.69 Å². The molecule has 7 heteroatoms. The van der Waals surface area contributed by atoms with Crippen molar-refractivity contribution in [3.8, 4) is 17.6 Å². The molecule has 1 aromatic rings. The van der Waals surface area contributed by atoms with E-state index in [2.05, 4.69) is 0 Å². The molecule has 0 aliphatic heterocycles. The zero-order valence-electron chi connectivity index (χ0n) is 9.08. The molecule has 1 rings (SSSR count). The number of phenols is 1. The van der Waals surface area contributed by atoms with Crippen LogP contribution in [0.2, 0.25) is 0 Å². The highest BCUT2D eigenvalue weighted by atomic mass is 16.6. The Labute approximate surface area is 97.2 Å². The van der Waals surface area contributed by atoms with E-state index in [0.29, 0.717) is 0 Å². The molecule has 1 aromatic carbocycles. The minimum absolute atomic E-state index is 0.0393. The topological polar surface area (TPSA) is 122 Å². The maximum atomic E-state index is 10.7. The molecule has 90 valence electrons. The van der Waals surface area contributed by atoms with Crippen molar-refractivity contribution in [1.82, 2.24) is 0 Å². The molecule has 0 aromatic heterocycles. The average Bonchev–Trinajstić information content (AvgIpc) is 2.29. The van der Waals surface area contributed by atoms with E-state index in [1.165, 1.54) is 7.11 Å². The fourth-order valence-corrected chi connectivity index (χ4v) is 1.37. The first-order valence-electron chi connectivity index (χ1n) is 4.69. The molecule has 0 radical (unpaired) electrons. The Morgan fingerprint density at radius 1 is 1.71 bits per heavy atom. The lowest BCUT2D eigenvalue weighted by molar-refractivity contribution is -0.385. The lowest BCUT2D eigenvalue weighted by Gasteiger charge is -2.12. The lowest BCUT2D eigenvalue weighted by Crippen LogP contribution is -2.10. The van der Waals surface area contributed by atoms with Crippen LogP contribution in [0.25, 0.3) is 0 Å². The third kappa shape index (κ3) is 2.62. The summed E-state index contributed by atoms with van der Waals surface area (Å²) in [6, 6.07) is 3.27. The predicted molar refractivity (Wildman–Crippen MR) is 58.5 cm³/mol. The normalized spacial score (nSPS) is 11.6. The van der Waals surface area contributed by atoms with Gasteiger partial charge in [0.2, 0.25) is 0 Å². The van der Waals surface area contributed by atoms with E-state index < -0.39 is 11.0 Å². The number of methoxy groups -OCH3 is 1. The zero-order chi connectivity index (χ0) is 13.0. The molecule has 0 spiro atoms. The van der Waals surface area contributed by atoms with Gasteiger partial charge in [-0.1, -0.05) is 0 Å². The monoisotopic (exact) mass is 237 g/mol. The Bertz CT molecular complexity index is 481. The number of non-ortho nitro benzene ring substituents is 1. The summed E-state index contributed by atoms with van der Waals surface area (Å²) in [7, 11) is 1.28. The molecular formula is C10H11N3O4. The fourth-order valence-electron chi connectivity index (χ4n) is 1.37. The number of hydrogen-bond donors (Lipinski definition) is 2. The van der Waals surface area contributed by atoms with E-state index in [-0.39, 0.29) is 29.2 Å². The summed E-state index contributed by atoms with van der Waals surface area (Å²) in [5, 5.41) is 28.9. The molecule has 17 heavy (non-hydrogen) atoms. The van der Waals surface area contributed by atoms with Gasteiger partial charge in [0.15, 0.2) is 11.5 Å². The Morgan fingerprint density at radius 3 is 2.82 bits per heavy atom. The number of aromatic hydroxyl groups is 1. The summed E-state index contributed by atoms with van der Waals surface area (Å²) < 4.78 is 4.81. The van der Waals surface area contributed by atoms with Gasteiger partial charge in [0.05, 0.1) is 30.6 Å². The molecular weight excluding hydrogens is 226 g/mol. The lowest BCUT2D eigenvalue weighted by atomic mass is 10.0. The van der Waals surface area contributed by atoms with Gasteiger partial charge in [0, 0.05) is 17.7 Å². The highest BCUT2D eigenvalue weighted by molar-refractivity contribution is 5.54. The molecule has 0 aliphatic rings. The van der Waals surface area contributed by atoms with E-state index in [0.717, 1.165) is 12.1 Å². The van der Waals surface area contributed by atoms with Crippen LogP contribution in [-0.2, 0) is 0 Å². The van der Waals surface area contributed by atoms with E-state index in [4.69, 9.17) is 15.7 Å². The number of hydrogen-bond acceptors (Lipinski definition) is 6. The predicted octanol–water partition coefficient (Wildman–Crippen LogP) is 1.22. The summed E-state index contributed by atoms with van der Waals surface area (Å²) in [4.78, 5) is 10.1. The van der Waals surface area contributed by atoms with Gasteiger partial charge in [-0.3, -0.25) is 10.1 Å². The maximum absolute atomic E-state index is 10.7. The van der Waals surface area contributed by atoms with Gasteiger partial charge in [-0.15, -0.1) is 0 Å². The molecule has 0 saturated heterocycles. The number of nitriles is 1. The molecule has 0 heterocycles. The van der Waals surface area contributed by atoms with Crippen LogP contribution >= 0.6 is 0 Å². The van der Waals surface area contributed by atoms with Crippen molar-refractivity contribution < 1.29 is 14.8 Å². The summed E-state index contributed by atoms with van der Waals surface area (Å²) in [5.41, 5.74) is 5.51. The van der Waals surface area contributed by atoms with E-state index in [1.807, 2.05) is 6.07 Å². The molecule has 1 atom stereocenters. The summed E-state index contributed by atoms with van der Waals surface area (Å²) in [5.74, 6) is -0.316. The number of phenolic OH excluding ortho intramolecular Hbond substituents is 1. The van der Waals surface area contributed by atoms with Crippen LogP contribution in [0.1, 0.15) is 18.0 Å². The Morgan fingerprint density at radius 2 is 2.35 bits per heavy atom. The van der Waals surface area contributed by atoms with Crippen molar-refractivity contribution in [3.63, 3.8) is 0 Å². The SMILES string of the molecule is COc1cc([N+](=O)[O-])cc([C@@H](N)CC#N)c1O. The van der Waals surface area contributed by atoms with Crippen molar-refractivity contribution in [1.29, 1.82) is 5.26 Å². The second-order valence-corrected chi connectivity index (χ2v) is 3.31. The second kappa shape index (κ2) is 5.14. The number of ether oxygens (including phenoxy) is 1. The molecule has 0 unspecified atom stereocenters. The van der Waals surface area contributed by atoms with Crippen LogP contribution in [0.5, 0.6) is 11.5 Å². The number of nitro groups is 1. The van der Waals surface area contributed by atoms with E-state index in [9.17, 15) is 15.2 Å². The van der Waals surface area contributed by atoms with Gasteiger partial charge in [0.1, 0.15) is 0 Å². The van der Waals surface area contributed by atoms with Crippen molar-refractivity contribution in [2.24, 2.45) is 5.73 Å². The Balaban J connectivity index is 3.33. The van der Waals surface area contributed by atoms with Gasteiger partial charge < -0.3 is 15.6 Å². The molecule has 3 N–H and O–H groups in total. The van der Waals surface area contributed by atoms with E-state index >= 15 is 0 Å². The first kappa shape index (κ1) is 12.7. The van der Waals surface area contributed by atoms with Crippen LogP contribution in [0.3, 0.4) is 0 Å². The van der Waals surface area contributed by atoms with Crippen LogP contribution < -0.4 is 10.5 Å². The summed E-state index contributed by atoms with van der Waals surface area (Å²) >= 11 is 0. The average molecular weight is 237 g/mol. The number of nitrogens with two attached hydrogens (primary N) is 1. The maximum Gasteiger partial charge on any atom is 0.273 e. The van der Waals surface area contributed by atoms with Crippen LogP contribution in [-0.4, -0.2) is 17.1 Å². The molecule has 0 bridgehead atoms. The van der Waals surface area contributed by atoms with Gasteiger partial charge in [-0.25, -0.2) is 0 Å². The minimum atomic E-state index is -0.797. The van der Waals surface area contributed by atoms with Gasteiger partial charge in [-0.05, 0) is 0 Å². The van der Waals surface area contributed by atoms with Crippen molar-refractivity contribution in [2.45, 2.75) is 12.5 Å². The molecule has 7 nitrogen and oxygen atoms in total.